The minimum atomic E-state index is 0. The lowest BCUT2D eigenvalue weighted by molar-refractivity contribution is 0.0135. The SMILES string of the molecule is Cc1ccc(C(CN=C(N)N2CCCCC2)N2CCOCC2)o1.I. The molecule has 0 aliphatic carbocycles. The summed E-state index contributed by atoms with van der Waals surface area (Å²) in [4.78, 5) is 9.27. The van der Waals surface area contributed by atoms with Gasteiger partial charge in [-0.1, -0.05) is 0 Å². The molecule has 3 heterocycles. The second-order valence-corrected chi connectivity index (χ2v) is 6.36. The van der Waals surface area contributed by atoms with Crippen LogP contribution in [0, 0.1) is 6.92 Å². The fourth-order valence-electron chi connectivity index (χ4n) is 3.31. The van der Waals surface area contributed by atoms with Gasteiger partial charge in [0.1, 0.15) is 11.5 Å². The minimum absolute atomic E-state index is 0. The van der Waals surface area contributed by atoms with E-state index in [0.29, 0.717) is 12.5 Å². The highest BCUT2D eigenvalue weighted by molar-refractivity contribution is 14.0. The van der Waals surface area contributed by atoms with Crippen LogP contribution >= 0.6 is 24.0 Å². The molecule has 1 atom stereocenters. The molecule has 0 amide bonds. The molecule has 1 unspecified atom stereocenters. The molecular weight excluding hydrogens is 419 g/mol. The van der Waals surface area contributed by atoms with E-state index in [9.17, 15) is 0 Å². The Morgan fingerprint density at radius 3 is 2.50 bits per heavy atom. The van der Waals surface area contributed by atoms with Crippen molar-refractivity contribution in [3.05, 3.63) is 23.7 Å². The molecule has 7 heteroatoms. The molecule has 6 nitrogen and oxygen atoms in total. The van der Waals surface area contributed by atoms with Gasteiger partial charge in [-0.2, -0.15) is 0 Å². The van der Waals surface area contributed by atoms with Crippen molar-refractivity contribution in [2.75, 3.05) is 45.9 Å². The van der Waals surface area contributed by atoms with Gasteiger partial charge in [-0.15, -0.1) is 24.0 Å². The molecule has 2 fully saturated rings. The lowest BCUT2D eigenvalue weighted by atomic mass is 10.1. The largest absolute Gasteiger partial charge is 0.465 e. The maximum atomic E-state index is 6.21. The van der Waals surface area contributed by atoms with E-state index < -0.39 is 0 Å². The van der Waals surface area contributed by atoms with Gasteiger partial charge >= 0.3 is 0 Å². The summed E-state index contributed by atoms with van der Waals surface area (Å²) >= 11 is 0. The molecular formula is C17H29IN4O2. The van der Waals surface area contributed by atoms with Gasteiger partial charge in [0.05, 0.1) is 25.8 Å². The van der Waals surface area contributed by atoms with Crippen LogP contribution in [0.15, 0.2) is 21.5 Å². The lowest BCUT2D eigenvalue weighted by Gasteiger charge is -2.33. The maximum absolute atomic E-state index is 6.21. The maximum Gasteiger partial charge on any atom is 0.191 e. The summed E-state index contributed by atoms with van der Waals surface area (Å²) in [5.74, 6) is 2.58. The molecule has 1 aromatic heterocycles. The molecule has 0 aromatic carbocycles. The van der Waals surface area contributed by atoms with E-state index in [0.717, 1.165) is 50.9 Å². The second kappa shape index (κ2) is 9.62. The first-order valence-corrected chi connectivity index (χ1v) is 8.67. The number of nitrogens with two attached hydrogens (primary N) is 1. The van der Waals surface area contributed by atoms with Gasteiger partial charge in [0.2, 0.25) is 0 Å². The van der Waals surface area contributed by atoms with Gasteiger partial charge in [-0.3, -0.25) is 9.89 Å². The third-order valence-corrected chi connectivity index (χ3v) is 4.68. The predicted octanol–water partition coefficient (Wildman–Crippen LogP) is 2.38. The molecule has 0 spiro atoms. The third kappa shape index (κ3) is 5.10. The van der Waals surface area contributed by atoms with Gasteiger partial charge < -0.3 is 19.8 Å². The number of furan rings is 1. The van der Waals surface area contributed by atoms with Crippen molar-refractivity contribution in [2.24, 2.45) is 10.7 Å². The normalized spacial score (nSPS) is 21.4. The molecule has 3 rings (SSSR count). The number of ether oxygens (including phenoxy) is 1. The van der Waals surface area contributed by atoms with E-state index in [1.807, 2.05) is 13.0 Å². The standard InChI is InChI=1S/C17H28N4O2.HI/c1-14-5-6-16(23-14)15(20-9-11-22-12-10-20)13-19-17(18)21-7-3-2-4-8-21;/h5-6,15H,2-4,7-13H2,1H3,(H2,18,19);1H. The number of piperidine rings is 1. The van der Waals surface area contributed by atoms with Crippen LogP contribution in [0.4, 0.5) is 0 Å². The molecule has 136 valence electrons. The van der Waals surface area contributed by atoms with E-state index in [1.54, 1.807) is 0 Å². The monoisotopic (exact) mass is 448 g/mol. The molecule has 2 saturated heterocycles. The fraction of sp³-hybridized carbons (Fsp3) is 0.706. The van der Waals surface area contributed by atoms with E-state index in [-0.39, 0.29) is 30.0 Å². The molecule has 0 saturated carbocycles. The Bertz CT molecular complexity index is 522. The highest BCUT2D eigenvalue weighted by Gasteiger charge is 2.25. The number of morpholine rings is 1. The van der Waals surface area contributed by atoms with Crippen LogP contribution in [0.5, 0.6) is 0 Å². The van der Waals surface area contributed by atoms with Gasteiger partial charge in [0, 0.05) is 26.2 Å². The van der Waals surface area contributed by atoms with Crippen LogP contribution in [0.3, 0.4) is 0 Å². The first-order valence-electron chi connectivity index (χ1n) is 8.67. The quantitative estimate of drug-likeness (QED) is 0.435. The Labute approximate surface area is 161 Å². The first kappa shape index (κ1) is 19.5. The number of hydrogen-bond donors (Lipinski definition) is 1. The van der Waals surface area contributed by atoms with Crippen molar-refractivity contribution in [3.8, 4) is 0 Å². The summed E-state index contributed by atoms with van der Waals surface area (Å²) in [5, 5.41) is 0. The zero-order valence-electron chi connectivity index (χ0n) is 14.4. The summed E-state index contributed by atoms with van der Waals surface area (Å²) in [6.45, 7) is 8.01. The van der Waals surface area contributed by atoms with E-state index >= 15 is 0 Å². The number of aryl methyl sites for hydroxylation is 1. The minimum Gasteiger partial charge on any atom is -0.465 e. The number of likely N-dealkylation sites (tertiary alicyclic amines) is 1. The number of halogens is 1. The molecule has 24 heavy (non-hydrogen) atoms. The molecule has 2 aliphatic heterocycles. The predicted molar refractivity (Wildman–Crippen MR) is 106 cm³/mol. The van der Waals surface area contributed by atoms with E-state index in [4.69, 9.17) is 14.9 Å². The number of hydrogen-bond acceptors (Lipinski definition) is 4. The highest BCUT2D eigenvalue weighted by Crippen LogP contribution is 2.24. The molecule has 1 aromatic rings. The number of rotatable bonds is 4. The van der Waals surface area contributed by atoms with Crippen LogP contribution < -0.4 is 5.73 Å². The average Bonchev–Trinajstić information content (AvgIpc) is 3.03. The van der Waals surface area contributed by atoms with Crippen molar-refractivity contribution in [2.45, 2.75) is 32.2 Å². The topological polar surface area (TPSA) is 67.2 Å². The lowest BCUT2D eigenvalue weighted by Crippen LogP contribution is -2.43. The van der Waals surface area contributed by atoms with Crippen molar-refractivity contribution < 1.29 is 9.15 Å². The van der Waals surface area contributed by atoms with Gasteiger partial charge in [0.15, 0.2) is 5.96 Å². The highest BCUT2D eigenvalue weighted by atomic mass is 127. The summed E-state index contributed by atoms with van der Waals surface area (Å²) in [6, 6.07) is 4.21. The Hall–Kier alpha value is -0.800. The zero-order valence-corrected chi connectivity index (χ0v) is 16.8. The van der Waals surface area contributed by atoms with E-state index in [1.165, 1.54) is 19.3 Å². The fourth-order valence-corrected chi connectivity index (χ4v) is 3.31. The summed E-state index contributed by atoms with van der Waals surface area (Å²) in [5.41, 5.74) is 6.21. The van der Waals surface area contributed by atoms with Crippen molar-refractivity contribution >= 4 is 29.9 Å². The van der Waals surface area contributed by atoms with Crippen molar-refractivity contribution in [3.63, 3.8) is 0 Å². The van der Waals surface area contributed by atoms with Gasteiger partial charge in [-0.25, -0.2) is 0 Å². The van der Waals surface area contributed by atoms with E-state index in [2.05, 4.69) is 20.9 Å². The summed E-state index contributed by atoms with van der Waals surface area (Å²) in [7, 11) is 0. The Kier molecular flexibility index (Phi) is 7.83. The van der Waals surface area contributed by atoms with Gasteiger partial charge in [-0.05, 0) is 38.3 Å². The average molecular weight is 448 g/mol. The molecule has 2 aliphatic rings. The Morgan fingerprint density at radius 2 is 1.88 bits per heavy atom. The zero-order chi connectivity index (χ0) is 16.1. The molecule has 0 radical (unpaired) electrons. The number of aliphatic imine (C=N–C) groups is 1. The first-order chi connectivity index (χ1) is 11.2. The molecule has 0 bridgehead atoms. The molecule has 2 N–H and O–H groups in total. The third-order valence-electron chi connectivity index (χ3n) is 4.68. The van der Waals surface area contributed by atoms with Crippen LogP contribution in [0.1, 0.15) is 36.8 Å². The number of guanidine groups is 1. The second-order valence-electron chi connectivity index (χ2n) is 6.36. The van der Waals surface area contributed by atoms with Crippen LogP contribution in [-0.4, -0.2) is 61.7 Å². The smallest absolute Gasteiger partial charge is 0.191 e. The summed E-state index contributed by atoms with van der Waals surface area (Å²) in [6.07, 6.45) is 3.72. The van der Waals surface area contributed by atoms with Crippen molar-refractivity contribution in [1.29, 1.82) is 0 Å². The summed E-state index contributed by atoms with van der Waals surface area (Å²) < 4.78 is 11.3. The van der Waals surface area contributed by atoms with Crippen LogP contribution in [0.2, 0.25) is 0 Å². The Morgan fingerprint density at radius 1 is 1.17 bits per heavy atom. The number of nitrogens with zero attached hydrogens (tertiary/aromatic N) is 3. The van der Waals surface area contributed by atoms with Crippen LogP contribution in [-0.2, 0) is 4.74 Å². The van der Waals surface area contributed by atoms with Crippen LogP contribution in [0.25, 0.3) is 0 Å². The van der Waals surface area contributed by atoms with Crippen molar-refractivity contribution in [1.82, 2.24) is 9.80 Å². The Balaban J connectivity index is 0.00000208. The van der Waals surface area contributed by atoms with Gasteiger partial charge in [0.25, 0.3) is 0 Å².